The largest absolute Gasteiger partial charge is 0.398 e. The van der Waals surface area contributed by atoms with Crippen LogP contribution in [0.2, 0.25) is 0 Å². The Kier molecular flexibility index (Phi) is 3.72. The monoisotopic (exact) mass is 271 g/mol. The maximum absolute atomic E-state index is 5.95. The smallest absolute Gasteiger partial charge is 0.231 e. The van der Waals surface area contributed by atoms with Crippen molar-refractivity contribution in [1.29, 1.82) is 0 Å². The van der Waals surface area contributed by atoms with Crippen LogP contribution in [0.3, 0.4) is 0 Å². The number of anilines is 1. The molecule has 2 aromatic rings. The summed E-state index contributed by atoms with van der Waals surface area (Å²) in [6, 6.07) is 7.81. The first-order valence-corrected chi connectivity index (χ1v) is 7.38. The second-order valence-electron chi connectivity index (χ2n) is 5.89. The topological polar surface area (TPSA) is 64.9 Å². The van der Waals surface area contributed by atoms with Crippen molar-refractivity contribution in [2.24, 2.45) is 5.92 Å². The standard InChI is InChI=1S/C16H21N3O/c1-11-5-4-7-13(9-11)16-18-15(20-19-16)10-12-6-2-3-8-14(12)17/h2-3,6,8,11,13H,4-5,7,9-10,17H2,1H3. The van der Waals surface area contributed by atoms with Crippen LogP contribution in [0.15, 0.2) is 28.8 Å². The van der Waals surface area contributed by atoms with Crippen molar-refractivity contribution >= 4 is 5.69 Å². The molecule has 0 saturated heterocycles. The average Bonchev–Trinajstić information content (AvgIpc) is 2.90. The van der Waals surface area contributed by atoms with Gasteiger partial charge in [0.15, 0.2) is 5.82 Å². The van der Waals surface area contributed by atoms with E-state index in [1.54, 1.807) is 0 Å². The van der Waals surface area contributed by atoms with E-state index in [-0.39, 0.29) is 0 Å². The number of para-hydroxylation sites is 1. The van der Waals surface area contributed by atoms with E-state index in [0.29, 0.717) is 18.2 Å². The maximum Gasteiger partial charge on any atom is 0.231 e. The van der Waals surface area contributed by atoms with Gasteiger partial charge in [-0.05, 0) is 30.4 Å². The number of nitrogens with zero attached hydrogens (tertiary/aromatic N) is 2. The highest BCUT2D eigenvalue weighted by atomic mass is 16.5. The Morgan fingerprint density at radius 2 is 2.15 bits per heavy atom. The summed E-state index contributed by atoms with van der Waals surface area (Å²) in [5, 5.41) is 4.17. The van der Waals surface area contributed by atoms with E-state index in [4.69, 9.17) is 10.3 Å². The third-order valence-corrected chi connectivity index (χ3v) is 4.18. The van der Waals surface area contributed by atoms with Gasteiger partial charge in [0.2, 0.25) is 5.89 Å². The Bertz CT molecular complexity index is 579. The van der Waals surface area contributed by atoms with E-state index >= 15 is 0 Å². The van der Waals surface area contributed by atoms with Crippen molar-refractivity contribution in [2.75, 3.05) is 5.73 Å². The number of aromatic nitrogens is 2. The van der Waals surface area contributed by atoms with Gasteiger partial charge in [0.05, 0.1) is 6.42 Å². The molecule has 1 saturated carbocycles. The SMILES string of the molecule is CC1CCCC(c2noc(Cc3ccccc3N)n2)C1. The van der Waals surface area contributed by atoms with Gasteiger partial charge in [-0.15, -0.1) is 0 Å². The second-order valence-corrected chi connectivity index (χ2v) is 5.89. The lowest BCUT2D eigenvalue weighted by atomic mass is 9.82. The zero-order chi connectivity index (χ0) is 13.9. The molecule has 1 aromatic heterocycles. The molecule has 1 aromatic carbocycles. The van der Waals surface area contributed by atoms with Gasteiger partial charge in [0, 0.05) is 11.6 Å². The van der Waals surface area contributed by atoms with Crippen molar-refractivity contribution in [3.05, 3.63) is 41.5 Å². The molecule has 2 unspecified atom stereocenters. The lowest BCUT2D eigenvalue weighted by Gasteiger charge is -2.23. The number of nitrogen functional groups attached to an aromatic ring is 1. The maximum atomic E-state index is 5.95. The molecular weight excluding hydrogens is 250 g/mol. The Hall–Kier alpha value is -1.84. The van der Waals surface area contributed by atoms with E-state index in [1.807, 2.05) is 24.3 Å². The lowest BCUT2D eigenvalue weighted by Crippen LogP contribution is -2.12. The highest BCUT2D eigenvalue weighted by Crippen LogP contribution is 2.34. The molecule has 0 radical (unpaired) electrons. The van der Waals surface area contributed by atoms with E-state index in [1.165, 1.54) is 25.7 Å². The van der Waals surface area contributed by atoms with Gasteiger partial charge in [-0.3, -0.25) is 0 Å². The van der Waals surface area contributed by atoms with E-state index in [9.17, 15) is 0 Å². The molecule has 1 fully saturated rings. The minimum absolute atomic E-state index is 0.462. The molecule has 4 heteroatoms. The fraction of sp³-hybridized carbons (Fsp3) is 0.500. The van der Waals surface area contributed by atoms with Crippen LogP contribution >= 0.6 is 0 Å². The summed E-state index contributed by atoms with van der Waals surface area (Å²) in [5.41, 5.74) is 7.76. The van der Waals surface area contributed by atoms with Crippen LogP contribution in [0.4, 0.5) is 5.69 Å². The third kappa shape index (κ3) is 2.84. The van der Waals surface area contributed by atoms with Gasteiger partial charge in [-0.2, -0.15) is 4.98 Å². The van der Waals surface area contributed by atoms with Crippen LogP contribution in [0.1, 0.15) is 55.8 Å². The first-order chi connectivity index (χ1) is 9.72. The molecule has 0 spiro atoms. The molecule has 1 aliphatic rings. The minimum Gasteiger partial charge on any atom is -0.398 e. The molecule has 0 aliphatic heterocycles. The predicted octanol–water partition coefficient (Wildman–Crippen LogP) is 3.54. The Morgan fingerprint density at radius 1 is 1.30 bits per heavy atom. The van der Waals surface area contributed by atoms with Gasteiger partial charge in [0.25, 0.3) is 0 Å². The Morgan fingerprint density at radius 3 is 2.95 bits per heavy atom. The molecule has 0 bridgehead atoms. The van der Waals surface area contributed by atoms with Crippen LogP contribution in [0.25, 0.3) is 0 Å². The second kappa shape index (κ2) is 5.65. The van der Waals surface area contributed by atoms with Gasteiger partial charge in [-0.1, -0.05) is 43.1 Å². The zero-order valence-electron chi connectivity index (χ0n) is 11.9. The van der Waals surface area contributed by atoms with Crippen LogP contribution in [-0.2, 0) is 6.42 Å². The highest BCUT2D eigenvalue weighted by Gasteiger charge is 2.24. The first kappa shape index (κ1) is 13.2. The van der Waals surface area contributed by atoms with Crippen molar-refractivity contribution in [3.63, 3.8) is 0 Å². The molecule has 20 heavy (non-hydrogen) atoms. The molecule has 1 aliphatic carbocycles. The number of hydrogen-bond acceptors (Lipinski definition) is 4. The van der Waals surface area contributed by atoms with Gasteiger partial charge in [-0.25, -0.2) is 0 Å². The molecule has 2 atom stereocenters. The third-order valence-electron chi connectivity index (χ3n) is 4.18. The summed E-state index contributed by atoms with van der Waals surface area (Å²) in [6.45, 7) is 2.30. The molecule has 4 nitrogen and oxygen atoms in total. The summed E-state index contributed by atoms with van der Waals surface area (Å²) < 4.78 is 5.40. The van der Waals surface area contributed by atoms with Gasteiger partial charge in [0.1, 0.15) is 0 Å². The van der Waals surface area contributed by atoms with Crippen LogP contribution in [-0.4, -0.2) is 10.1 Å². The Labute approximate surface area is 119 Å². The lowest BCUT2D eigenvalue weighted by molar-refractivity contribution is 0.320. The molecule has 1 heterocycles. The summed E-state index contributed by atoms with van der Waals surface area (Å²) in [7, 11) is 0. The van der Waals surface area contributed by atoms with Crippen molar-refractivity contribution in [2.45, 2.75) is 44.9 Å². The van der Waals surface area contributed by atoms with Crippen molar-refractivity contribution in [1.82, 2.24) is 10.1 Å². The number of hydrogen-bond donors (Lipinski definition) is 1. The average molecular weight is 271 g/mol. The number of rotatable bonds is 3. The molecule has 0 amide bonds. The summed E-state index contributed by atoms with van der Waals surface area (Å²) in [5.74, 6) is 2.77. The van der Waals surface area contributed by atoms with Gasteiger partial charge < -0.3 is 10.3 Å². The van der Waals surface area contributed by atoms with E-state index in [0.717, 1.165) is 23.0 Å². The fourth-order valence-corrected chi connectivity index (χ4v) is 3.03. The van der Waals surface area contributed by atoms with Crippen molar-refractivity contribution < 1.29 is 4.52 Å². The number of benzene rings is 1. The summed E-state index contributed by atoms with van der Waals surface area (Å²) in [4.78, 5) is 4.57. The van der Waals surface area contributed by atoms with Crippen LogP contribution in [0, 0.1) is 5.92 Å². The quantitative estimate of drug-likeness (QED) is 0.867. The predicted molar refractivity (Wildman–Crippen MR) is 78.3 cm³/mol. The molecular formula is C16H21N3O. The normalized spacial score (nSPS) is 22.9. The summed E-state index contributed by atoms with van der Waals surface area (Å²) in [6.07, 6.45) is 5.55. The fourth-order valence-electron chi connectivity index (χ4n) is 3.03. The van der Waals surface area contributed by atoms with Crippen molar-refractivity contribution in [3.8, 4) is 0 Å². The zero-order valence-corrected chi connectivity index (χ0v) is 11.9. The highest BCUT2D eigenvalue weighted by molar-refractivity contribution is 5.47. The van der Waals surface area contributed by atoms with Crippen LogP contribution < -0.4 is 5.73 Å². The molecule has 106 valence electrons. The minimum atomic E-state index is 0.462. The van der Waals surface area contributed by atoms with E-state index < -0.39 is 0 Å². The van der Waals surface area contributed by atoms with Crippen LogP contribution in [0.5, 0.6) is 0 Å². The number of nitrogens with two attached hydrogens (primary N) is 1. The first-order valence-electron chi connectivity index (χ1n) is 7.38. The Balaban J connectivity index is 1.72. The molecule has 3 rings (SSSR count). The van der Waals surface area contributed by atoms with Gasteiger partial charge >= 0.3 is 0 Å². The molecule has 2 N–H and O–H groups in total. The summed E-state index contributed by atoms with van der Waals surface area (Å²) >= 11 is 0. The van der Waals surface area contributed by atoms with E-state index in [2.05, 4.69) is 17.1 Å².